The van der Waals surface area contributed by atoms with Gasteiger partial charge in [0.1, 0.15) is 0 Å². The van der Waals surface area contributed by atoms with Crippen LogP contribution in [0.3, 0.4) is 0 Å². The van der Waals surface area contributed by atoms with Crippen LogP contribution in [0.15, 0.2) is 24.3 Å². The molecule has 1 aromatic rings. The van der Waals surface area contributed by atoms with Crippen LogP contribution in [0.25, 0.3) is 0 Å². The van der Waals surface area contributed by atoms with Gasteiger partial charge >= 0.3 is 6.03 Å². The SMILES string of the molecule is CC(NC(=O)N1CCCC2(CCNC2)C1)c1cccc(N2CCCC2=O)c1. The molecule has 3 aliphatic heterocycles. The molecule has 2 N–H and O–H groups in total. The third-order valence-corrected chi connectivity index (χ3v) is 6.38. The minimum Gasteiger partial charge on any atom is -0.331 e. The summed E-state index contributed by atoms with van der Waals surface area (Å²) < 4.78 is 0. The molecule has 3 saturated heterocycles. The summed E-state index contributed by atoms with van der Waals surface area (Å²) in [7, 11) is 0. The molecule has 3 fully saturated rings. The molecule has 27 heavy (non-hydrogen) atoms. The van der Waals surface area contributed by atoms with E-state index in [1.807, 2.05) is 41.0 Å². The molecule has 2 atom stereocenters. The number of hydrogen-bond acceptors (Lipinski definition) is 3. The minimum absolute atomic E-state index is 0.0242. The highest BCUT2D eigenvalue weighted by Gasteiger charge is 2.39. The second kappa shape index (κ2) is 7.50. The molecule has 2 unspecified atom stereocenters. The summed E-state index contributed by atoms with van der Waals surface area (Å²) in [5.41, 5.74) is 2.24. The standard InChI is InChI=1S/C21H30N4O2/c1-16(17-5-2-6-18(13-17)25-12-3-7-19(25)26)23-20(27)24-11-4-8-21(15-24)9-10-22-14-21/h2,5-6,13,16,22H,3-4,7-12,14-15H2,1H3,(H,23,27). The fourth-order valence-corrected chi connectivity index (χ4v) is 4.77. The summed E-state index contributed by atoms with van der Waals surface area (Å²) >= 11 is 0. The fraction of sp³-hybridized carbons (Fsp3) is 0.619. The molecule has 0 bridgehead atoms. The lowest BCUT2D eigenvalue weighted by Gasteiger charge is -2.40. The summed E-state index contributed by atoms with van der Waals surface area (Å²) in [5.74, 6) is 0.188. The zero-order valence-electron chi connectivity index (χ0n) is 16.2. The first kappa shape index (κ1) is 18.3. The maximum Gasteiger partial charge on any atom is 0.317 e. The van der Waals surface area contributed by atoms with Crippen molar-refractivity contribution in [2.45, 2.75) is 45.1 Å². The van der Waals surface area contributed by atoms with Gasteiger partial charge in [-0.2, -0.15) is 0 Å². The summed E-state index contributed by atoms with van der Waals surface area (Å²) in [6, 6.07) is 7.94. The Morgan fingerprint density at radius 2 is 2.15 bits per heavy atom. The molecule has 4 rings (SSSR count). The lowest BCUT2D eigenvalue weighted by Crippen LogP contribution is -2.50. The van der Waals surface area contributed by atoms with Crippen LogP contribution in [-0.2, 0) is 4.79 Å². The molecule has 0 aliphatic carbocycles. The highest BCUT2D eigenvalue weighted by Crippen LogP contribution is 2.35. The number of likely N-dealkylation sites (tertiary alicyclic amines) is 1. The molecular formula is C21H30N4O2. The van der Waals surface area contributed by atoms with Gasteiger partial charge in [0.25, 0.3) is 0 Å². The van der Waals surface area contributed by atoms with E-state index in [1.54, 1.807) is 0 Å². The Kier molecular flexibility index (Phi) is 5.08. The second-order valence-corrected chi connectivity index (χ2v) is 8.37. The fourth-order valence-electron chi connectivity index (χ4n) is 4.77. The topological polar surface area (TPSA) is 64.7 Å². The molecular weight excluding hydrogens is 340 g/mol. The van der Waals surface area contributed by atoms with Gasteiger partial charge in [-0.25, -0.2) is 4.79 Å². The number of urea groups is 1. The average molecular weight is 370 g/mol. The van der Waals surface area contributed by atoms with E-state index in [-0.39, 0.29) is 23.4 Å². The molecule has 0 saturated carbocycles. The highest BCUT2D eigenvalue weighted by atomic mass is 16.2. The van der Waals surface area contributed by atoms with Gasteiger partial charge in [-0.3, -0.25) is 4.79 Å². The molecule has 0 radical (unpaired) electrons. The van der Waals surface area contributed by atoms with Crippen LogP contribution in [-0.4, -0.2) is 49.6 Å². The predicted molar refractivity (Wildman–Crippen MR) is 106 cm³/mol. The lowest BCUT2D eigenvalue weighted by molar-refractivity contribution is -0.117. The smallest absolute Gasteiger partial charge is 0.317 e. The van der Waals surface area contributed by atoms with Crippen molar-refractivity contribution in [2.75, 3.05) is 37.6 Å². The van der Waals surface area contributed by atoms with Crippen molar-refractivity contribution < 1.29 is 9.59 Å². The normalized spacial score (nSPS) is 26.6. The number of carbonyl (C=O) groups excluding carboxylic acids is 2. The molecule has 3 heterocycles. The lowest BCUT2D eigenvalue weighted by atomic mass is 9.79. The van der Waals surface area contributed by atoms with Gasteiger partial charge in [0, 0.05) is 43.7 Å². The van der Waals surface area contributed by atoms with E-state index in [4.69, 9.17) is 0 Å². The third-order valence-electron chi connectivity index (χ3n) is 6.38. The first-order valence-corrected chi connectivity index (χ1v) is 10.2. The summed E-state index contributed by atoms with van der Waals surface area (Å²) in [6.45, 7) is 6.57. The van der Waals surface area contributed by atoms with Crippen LogP contribution < -0.4 is 15.5 Å². The Morgan fingerprint density at radius 3 is 2.89 bits per heavy atom. The zero-order chi connectivity index (χ0) is 18.9. The third kappa shape index (κ3) is 3.81. The van der Waals surface area contributed by atoms with Gasteiger partial charge in [0.05, 0.1) is 6.04 Å². The highest BCUT2D eigenvalue weighted by molar-refractivity contribution is 5.95. The molecule has 1 aromatic carbocycles. The van der Waals surface area contributed by atoms with E-state index < -0.39 is 0 Å². The molecule has 146 valence electrons. The van der Waals surface area contributed by atoms with Gasteiger partial charge in [0.15, 0.2) is 0 Å². The number of anilines is 1. The Hall–Kier alpha value is -2.08. The van der Waals surface area contributed by atoms with E-state index in [9.17, 15) is 9.59 Å². The molecule has 0 aromatic heterocycles. The first-order chi connectivity index (χ1) is 13.1. The van der Waals surface area contributed by atoms with Crippen molar-refractivity contribution >= 4 is 17.6 Å². The van der Waals surface area contributed by atoms with Crippen molar-refractivity contribution in [1.82, 2.24) is 15.5 Å². The summed E-state index contributed by atoms with van der Waals surface area (Å²) in [6.07, 6.45) is 5.00. The number of benzene rings is 1. The van der Waals surface area contributed by atoms with E-state index in [0.29, 0.717) is 6.42 Å². The second-order valence-electron chi connectivity index (χ2n) is 8.37. The van der Waals surface area contributed by atoms with Crippen LogP contribution in [0.1, 0.15) is 50.6 Å². The van der Waals surface area contributed by atoms with Crippen LogP contribution >= 0.6 is 0 Å². The molecule has 3 amide bonds. The number of nitrogens with zero attached hydrogens (tertiary/aromatic N) is 2. The molecule has 6 nitrogen and oxygen atoms in total. The van der Waals surface area contributed by atoms with Gasteiger partial charge in [-0.05, 0) is 56.8 Å². The maximum absolute atomic E-state index is 12.8. The quantitative estimate of drug-likeness (QED) is 0.860. The van der Waals surface area contributed by atoms with E-state index >= 15 is 0 Å². The Morgan fingerprint density at radius 1 is 1.26 bits per heavy atom. The summed E-state index contributed by atoms with van der Waals surface area (Å²) in [5, 5.41) is 6.62. The van der Waals surface area contributed by atoms with E-state index in [1.165, 1.54) is 6.42 Å². The van der Waals surface area contributed by atoms with Gasteiger partial charge < -0.3 is 20.4 Å². The van der Waals surface area contributed by atoms with Gasteiger partial charge in [-0.15, -0.1) is 0 Å². The number of hydrogen-bond donors (Lipinski definition) is 2. The maximum atomic E-state index is 12.8. The van der Waals surface area contributed by atoms with Gasteiger partial charge in [-0.1, -0.05) is 12.1 Å². The molecule has 1 spiro atoms. The van der Waals surface area contributed by atoms with Crippen molar-refractivity contribution in [3.63, 3.8) is 0 Å². The summed E-state index contributed by atoms with van der Waals surface area (Å²) in [4.78, 5) is 28.7. The van der Waals surface area contributed by atoms with E-state index in [0.717, 1.165) is 63.2 Å². The number of carbonyl (C=O) groups is 2. The minimum atomic E-state index is -0.0882. The first-order valence-electron chi connectivity index (χ1n) is 10.2. The van der Waals surface area contributed by atoms with Gasteiger partial charge in [0.2, 0.25) is 5.91 Å². The largest absolute Gasteiger partial charge is 0.331 e. The number of rotatable bonds is 3. The van der Waals surface area contributed by atoms with Crippen molar-refractivity contribution in [1.29, 1.82) is 0 Å². The predicted octanol–water partition coefficient (Wildman–Crippen LogP) is 2.66. The number of nitrogens with one attached hydrogen (secondary N) is 2. The van der Waals surface area contributed by atoms with Crippen molar-refractivity contribution in [3.05, 3.63) is 29.8 Å². The Bertz CT molecular complexity index is 714. The zero-order valence-corrected chi connectivity index (χ0v) is 16.2. The average Bonchev–Trinajstić information content (AvgIpc) is 3.31. The molecule has 6 heteroatoms. The van der Waals surface area contributed by atoms with Crippen molar-refractivity contribution in [3.8, 4) is 0 Å². The van der Waals surface area contributed by atoms with E-state index in [2.05, 4.69) is 10.6 Å². The Balaban J connectivity index is 1.40. The van der Waals surface area contributed by atoms with Crippen molar-refractivity contribution in [2.24, 2.45) is 5.41 Å². The van der Waals surface area contributed by atoms with Crippen LogP contribution in [0.4, 0.5) is 10.5 Å². The van der Waals surface area contributed by atoms with Crippen LogP contribution in [0.2, 0.25) is 0 Å². The van der Waals surface area contributed by atoms with Crippen LogP contribution in [0, 0.1) is 5.41 Å². The molecule has 3 aliphatic rings. The monoisotopic (exact) mass is 370 g/mol. The number of amides is 3. The van der Waals surface area contributed by atoms with Crippen LogP contribution in [0.5, 0.6) is 0 Å². The Labute approximate surface area is 161 Å². The number of piperidine rings is 1.